The maximum Gasteiger partial charge on any atom is 0.140 e. The average molecular weight is 413 g/mol. The molecule has 7 nitrogen and oxygen atoms in total. The molecular weight excluding hydrogens is 393 g/mol. The van der Waals surface area contributed by atoms with Crippen molar-refractivity contribution in [3.8, 4) is 17.2 Å². The molecular formula is C23H20FN7. The van der Waals surface area contributed by atoms with E-state index in [-0.39, 0.29) is 5.82 Å². The summed E-state index contributed by atoms with van der Waals surface area (Å²) in [5.74, 6) is -0.298. The van der Waals surface area contributed by atoms with E-state index in [4.69, 9.17) is 4.98 Å². The van der Waals surface area contributed by atoms with E-state index in [1.165, 1.54) is 6.07 Å². The number of nitrogens with zero attached hydrogens (tertiary/aromatic N) is 4. The predicted octanol–water partition coefficient (Wildman–Crippen LogP) is 3.38. The van der Waals surface area contributed by atoms with Crippen LogP contribution in [0.15, 0.2) is 36.8 Å². The van der Waals surface area contributed by atoms with E-state index in [1.54, 1.807) is 25.5 Å². The summed E-state index contributed by atoms with van der Waals surface area (Å²) in [4.78, 5) is 14.8. The van der Waals surface area contributed by atoms with Crippen LogP contribution in [-0.4, -0.2) is 47.2 Å². The first-order valence-electron chi connectivity index (χ1n) is 10.3. The van der Waals surface area contributed by atoms with Gasteiger partial charge in [-0.1, -0.05) is 0 Å². The number of nitrogens with one attached hydrogen (secondary N) is 3. The van der Waals surface area contributed by atoms with Gasteiger partial charge in [0.15, 0.2) is 0 Å². The van der Waals surface area contributed by atoms with Gasteiger partial charge in [-0.15, -0.1) is 0 Å². The second-order valence-corrected chi connectivity index (χ2v) is 8.18. The van der Waals surface area contributed by atoms with Crippen LogP contribution in [0.3, 0.4) is 0 Å². The van der Waals surface area contributed by atoms with Gasteiger partial charge in [-0.3, -0.25) is 4.98 Å². The number of nitriles is 1. The number of hydrogen-bond donors (Lipinski definition) is 3. The van der Waals surface area contributed by atoms with E-state index in [9.17, 15) is 9.65 Å². The molecule has 2 fully saturated rings. The monoisotopic (exact) mass is 413 g/mol. The molecule has 0 radical (unpaired) electrons. The summed E-state index contributed by atoms with van der Waals surface area (Å²) in [6.45, 7) is 1.82. The van der Waals surface area contributed by atoms with Gasteiger partial charge >= 0.3 is 0 Å². The summed E-state index contributed by atoms with van der Waals surface area (Å²) in [5.41, 5.74) is 5.51. The molecule has 2 aliphatic rings. The van der Waals surface area contributed by atoms with Crippen LogP contribution in [0, 0.1) is 17.1 Å². The van der Waals surface area contributed by atoms with Crippen LogP contribution in [0.1, 0.15) is 12.0 Å². The van der Waals surface area contributed by atoms with E-state index >= 15 is 0 Å². The number of benzene rings is 1. The highest BCUT2D eigenvalue weighted by Crippen LogP contribution is 2.46. The molecule has 2 aliphatic heterocycles. The maximum atomic E-state index is 14.5. The Balaban J connectivity index is 1.71. The molecule has 2 saturated heterocycles. The summed E-state index contributed by atoms with van der Waals surface area (Å²) in [7, 11) is 1.78. The minimum atomic E-state index is -0.298. The molecule has 3 N–H and O–H groups in total. The first-order valence-corrected chi connectivity index (χ1v) is 10.3. The molecule has 154 valence electrons. The number of pyridine rings is 2. The predicted molar refractivity (Wildman–Crippen MR) is 119 cm³/mol. The fourth-order valence-corrected chi connectivity index (χ4v) is 5.08. The molecule has 5 heterocycles. The van der Waals surface area contributed by atoms with Gasteiger partial charge in [-0.25, -0.2) is 9.37 Å². The highest BCUT2D eigenvalue weighted by molar-refractivity contribution is 6.18. The van der Waals surface area contributed by atoms with Crippen LogP contribution in [0.5, 0.6) is 0 Å². The largest absolute Gasteiger partial charge is 0.386 e. The molecule has 8 heteroatoms. The second kappa shape index (κ2) is 6.65. The fourth-order valence-electron chi connectivity index (χ4n) is 5.08. The number of anilines is 2. The summed E-state index contributed by atoms with van der Waals surface area (Å²) in [5, 5.41) is 17.6. The zero-order chi connectivity index (χ0) is 21.1. The van der Waals surface area contributed by atoms with Crippen LogP contribution in [-0.2, 0) is 0 Å². The summed E-state index contributed by atoms with van der Waals surface area (Å²) < 4.78 is 14.5. The Labute approximate surface area is 177 Å². The summed E-state index contributed by atoms with van der Waals surface area (Å²) in [6, 6.07) is 7.81. The first-order chi connectivity index (χ1) is 15.2. The van der Waals surface area contributed by atoms with Crippen molar-refractivity contribution in [2.75, 3.05) is 30.4 Å². The minimum absolute atomic E-state index is 0.298. The van der Waals surface area contributed by atoms with Crippen molar-refractivity contribution in [3.05, 3.63) is 48.2 Å². The number of piperazine rings is 1. The third-order valence-corrected chi connectivity index (χ3v) is 6.46. The van der Waals surface area contributed by atoms with E-state index in [0.717, 1.165) is 58.3 Å². The minimum Gasteiger partial charge on any atom is -0.386 e. The average Bonchev–Trinajstić information content (AvgIpc) is 3.18. The number of rotatable bonds is 3. The molecule has 31 heavy (non-hydrogen) atoms. The maximum absolute atomic E-state index is 14.5. The van der Waals surface area contributed by atoms with Gasteiger partial charge in [0.25, 0.3) is 0 Å². The van der Waals surface area contributed by atoms with Crippen molar-refractivity contribution in [1.29, 1.82) is 5.26 Å². The number of fused-ring (bicyclic) bond motifs is 5. The van der Waals surface area contributed by atoms with Gasteiger partial charge in [-0.05, 0) is 24.6 Å². The lowest BCUT2D eigenvalue weighted by Crippen LogP contribution is -2.68. The zero-order valence-corrected chi connectivity index (χ0v) is 16.9. The van der Waals surface area contributed by atoms with Crippen molar-refractivity contribution in [3.63, 3.8) is 0 Å². The molecule has 6 rings (SSSR count). The van der Waals surface area contributed by atoms with Crippen LogP contribution in [0.4, 0.5) is 15.8 Å². The SMILES string of the molecule is CNc1cc(F)cc2c1[nH]c1ncc(-c3cncc(C#N)c3)c(N3C4CNCC3C4)c12. The van der Waals surface area contributed by atoms with E-state index < -0.39 is 0 Å². The molecule has 0 saturated carbocycles. The quantitative estimate of drug-likeness (QED) is 0.477. The van der Waals surface area contributed by atoms with Crippen molar-refractivity contribution in [2.45, 2.75) is 18.5 Å². The van der Waals surface area contributed by atoms with Gasteiger partial charge in [0.1, 0.15) is 17.5 Å². The Bertz CT molecular complexity index is 1370. The lowest BCUT2D eigenvalue weighted by molar-refractivity contribution is 0.264. The topological polar surface area (TPSA) is 92.7 Å². The third-order valence-electron chi connectivity index (χ3n) is 6.46. The Kier molecular flexibility index (Phi) is 3.88. The first kappa shape index (κ1) is 18.1. The molecule has 4 aromatic rings. The molecule has 0 amide bonds. The van der Waals surface area contributed by atoms with Crippen LogP contribution >= 0.6 is 0 Å². The highest BCUT2D eigenvalue weighted by atomic mass is 19.1. The smallest absolute Gasteiger partial charge is 0.140 e. The number of aromatic amines is 1. The normalized spacial score (nSPS) is 20.0. The lowest BCUT2D eigenvalue weighted by atomic mass is 9.86. The number of hydrogen-bond acceptors (Lipinski definition) is 6. The standard InChI is InChI=1S/C23H20FN7/c1-26-19-4-14(24)3-17-20-22(31-15-5-16(31)10-28-9-15)18(11-29-23(20)30-21(17)19)13-2-12(6-25)7-27-8-13/h2-4,7-8,11,15-16,26,28H,5,9-10H2,1H3,(H,29,30). The lowest BCUT2D eigenvalue weighted by Gasteiger charge is -2.55. The fraction of sp³-hybridized carbons (Fsp3) is 0.261. The van der Waals surface area contributed by atoms with E-state index in [0.29, 0.717) is 23.3 Å². The van der Waals surface area contributed by atoms with Crippen molar-refractivity contribution >= 4 is 33.3 Å². The summed E-state index contributed by atoms with van der Waals surface area (Å²) >= 11 is 0. The number of aromatic nitrogens is 3. The Morgan fingerprint density at radius 3 is 2.77 bits per heavy atom. The molecule has 2 atom stereocenters. The molecule has 0 aliphatic carbocycles. The van der Waals surface area contributed by atoms with Gasteiger partial charge in [-0.2, -0.15) is 5.26 Å². The number of halogens is 1. The van der Waals surface area contributed by atoms with Crippen LogP contribution in [0.2, 0.25) is 0 Å². The molecule has 3 aromatic heterocycles. The summed E-state index contributed by atoms with van der Waals surface area (Å²) in [6.07, 6.45) is 6.28. The highest BCUT2D eigenvalue weighted by Gasteiger charge is 2.43. The Morgan fingerprint density at radius 2 is 2.03 bits per heavy atom. The third kappa shape index (κ3) is 2.60. The van der Waals surface area contributed by atoms with E-state index in [2.05, 4.69) is 31.6 Å². The van der Waals surface area contributed by atoms with Gasteiger partial charge in [0.2, 0.25) is 0 Å². The second-order valence-electron chi connectivity index (χ2n) is 8.18. The van der Waals surface area contributed by atoms with Crippen molar-refractivity contribution < 1.29 is 4.39 Å². The molecule has 1 aromatic carbocycles. The molecule has 2 bridgehead atoms. The molecule has 0 spiro atoms. The number of H-pyrrole nitrogens is 1. The van der Waals surface area contributed by atoms with Gasteiger partial charge in [0, 0.05) is 67.3 Å². The molecule has 2 unspecified atom stereocenters. The van der Waals surface area contributed by atoms with Gasteiger partial charge < -0.3 is 20.5 Å². The van der Waals surface area contributed by atoms with Crippen molar-refractivity contribution in [2.24, 2.45) is 0 Å². The van der Waals surface area contributed by atoms with Crippen LogP contribution < -0.4 is 15.5 Å². The Hall–Kier alpha value is -3.70. The number of piperidine rings is 1. The van der Waals surface area contributed by atoms with Gasteiger partial charge in [0.05, 0.1) is 27.8 Å². The van der Waals surface area contributed by atoms with Crippen LogP contribution in [0.25, 0.3) is 33.1 Å². The zero-order valence-electron chi connectivity index (χ0n) is 16.9. The van der Waals surface area contributed by atoms with Crippen molar-refractivity contribution in [1.82, 2.24) is 20.3 Å². The van der Waals surface area contributed by atoms with E-state index in [1.807, 2.05) is 12.3 Å². The Morgan fingerprint density at radius 1 is 1.19 bits per heavy atom.